The van der Waals surface area contributed by atoms with E-state index in [0.29, 0.717) is 17.4 Å². The van der Waals surface area contributed by atoms with Crippen LogP contribution in [0.1, 0.15) is 56.3 Å². The molecule has 0 aliphatic carbocycles. The SMILES string of the molecule is Cc1ccc(C(CC(C)CC(C)(C)C)NN)s1. The summed E-state index contributed by atoms with van der Waals surface area (Å²) >= 11 is 1.84. The summed E-state index contributed by atoms with van der Waals surface area (Å²) in [6.45, 7) is 11.3. The summed E-state index contributed by atoms with van der Waals surface area (Å²) in [5, 5.41) is 0. The van der Waals surface area contributed by atoms with Gasteiger partial charge in [0, 0.05) is 9.75 Å². The molecule has 3 N–H and O–H groups in total. The van der Waals surface area contributed by atoms with Crippen LogP contribution < -0.4 is 11.3 Å². The van der Waals surface area contributed by atoms with Crippen LogP contribution in [0.2, 0.25) is 0 Å². The minimum absolute atomic E-state index is 0.297. The van der Waals surface area contributed by atoms with E-state index in [1.165, 1.54) is 16.2 Å². The normalized spacial score (nSPS) is 15.9. The van der Waals surface area contributed by atoms with Gasteiger partial charge in [-0.2, -0.15) is 0 Å². The number of nitrogens with two attached hydrogens (primary N) is 1. The van der Waals surface area contributed by atoms with Crippen molar-refractivity contribution in [2.45, 2.75) is 53.5 Å². The zero-order valence-corrected chi connectivity index (χ0v) is 12.5. The lowest BCUT2D eigenvalue weighted by Crippen LogP contribution is -2.29. The van der Waals surface area contributed by atoms with Crippen LogP contribution in [0.3, 0.4) is 0 Å². The van der Waals surface area contributed by atoms with Crippen molar-refractivity contribution >= 4 is 11.3 Å². The molecule has 0 aliphatic heterocycles. The number of thiophene rings is 1. The molecule has 2 unspecified atom stereocenters. The number of nitrogens with one attached hydrogen (secondary N) is 1. The summed E-state index contributed by atoms with van der Waals surface area (Å²) < 4.78 is 0. The molecule has 2 atom stereocenters. The van der Waals surface area contributed by atoms with Crippen molar-refractivity contribution in [1.82, 2.24) is 5.43 Å². The predicted octanol–water partition coefficient (Wildman–Crippen LogP) is 4.02. The third kappa shape index (κ3) is 5.19. The van der Waals surface area contributed by atoms with Crippen molar-refractivity contribution in [3.63, 3.8) is 0 Å². The lowest BCUT2D eigenvalue weighted by molar-refractivity contribution is 0.277. The van der Waals surface area contributed by atoms with Crippen LogP contribution in [-0.2, 0) is 0 Å². The van der Waals surface area contributed by atoms with Gasteiger partial charge < -0.3 is 0 Å². The summed E-state index contributed by atoms with van der Waals surface area (Å²) in [4.78, 5) is 2.70. The zero-order chi connectivity index (χ0) is 13.1. The van der Waals surface area contributed by atoms with E-state index in [-0.39, 0.29) is 0 Å². The van der Waals surface area contributed by atoms with Gasteiger partial charge in [0.15, 0.2) is 0 Å². The van der Waals surface area contributed by atoms with Crippen LogP contribution in [0.5, 0.6) is 0 Å². The highest BCUT2D eigenvalue weighted by Gasteiger charge is 2.20. The van der Waals surface area contributed by atoms with Crippen LogP contribution >= 0.6 is 11.3 Å². The molecule has 0 saturated heterocycles. The molecule has 1 aromatic rings. The quantitative estimate of drug-likeness (QED) is 0.615. The second-order valence-electron chi connectivity index (χ2n) is 6.27. The van der Waals surface area contributed by atoms with E-state index in [4.69, 9.17) is 5.84 Å². The number of rotatable bonds is 5. The minimum atomic E-state index is 0.297. The zero-order valence-electron chi connectivity index (χ0n) is 11.7. The van der Waals surface area contributed by atoms with Crippen LogP contribution in [0.15, 0.2) is 12.1 Å². The largest absolute Gasteiger partial charge is 0.271 e. The molecule has 17 heavy (non-hydrogen) atoms. The molecule has 98 valence electrons. The molecular formula is C14H26N2S. The molecule has 1 rings (SSSR count). The van der Waals surface area contributed by atoms with Crippen LogP contribution in [0, 0.1) is 18.3 Å². The van der Waals surface area contributed by atoms with Gasteiger partial charge in [-0.15, -0.1) is 11.3 Å². The first-order valence-corrected chi connectivity index (χ1v) is 7.16. The summed E-state index contributed by atoms with van der Waals surface area (Å²) in [7, 11) is 0. The molecule has 2 nitrogen and oxygen atoms in total. The fourth-order valence-electron chi connectivity index (χ4n) is 2.44. The molecule has 0 fully saturated rings. The Morgan fingerprint density at radius 3 is 2.41 bits per heavy atom. The first-order valence-electron chi connectivity index (χ1n) is 6.34. The Hall–Kier alpha value is -0.380. The van der Waals surface area contributed by atoms with E-state index >= 15 is 0 Å². The van der Waals surface area contributed by atoms with Gasteiger partial charge in [-0.25, -0.2) is 0 Å². The Morgan fingerprint density at radius 1 is 1.35 bits per heavy atom. The molecular weight excluding hydrogens is 228 g/mol. The Morgan fingerprint density at radius 2 is 2.00 bits per heavy atom. The van der Waals surface area contributed by atoms with Gasteiger partial charge in [0.2, 0.25) is 0 Å². The Labute approximate surface area is 110 Å². The molecule has 0 saturated carbocycles. The van der Waals surface area contributed by atoms with Crippen molar-refractivity contribution in [3.8, 4) is 0 Å². The lowest BCUT2D eigenvalue weighted by atomic mass is 9.83. The maximum absolute atomic E-state index is 5.68. The second-order valence-corrected chi connectivity index (χ2v) is 7.59. The fraction of sp³-hybridized carbons (Fsp3) is 0.714. The molecule has 0 bridgehead atoms. The first kappa shape index (κ1) is 14.7. The Kier molecular flexibility index (Phi) is 5.17. The van der Waals surface area contributed by atoms with E-state index in [2.05, 4.69) is 52.2 Å². The Bertz CT molecular complexity index is 338. The van der Waals surface area contributed by atoms with Gasteiger partial charge >= 0.3 is 0 Å². The number of aryl methyl sites for hydroxylation is 1. The summed E-state index contributed by atoms with van der Waals surface area (Å²) in [6.07, 6.45) is 2.34. The standard InChI is InChI=1S/C14H26N2S/c1-10(9-14(3,4)5)8-12(16-15)13-7-6-11(2)17-13/h6-7,10,12,16H,8-9,15H2,1-5H3. The third-order valence-electron chi connectivity index (χ3n) is 2.90. The van der Waals surface area contributed by atoms with Crippen LogP contribution in [0.4, 0.5) is 0 Å². The fourth-order valence-corrected chi connectivity index (χ4v) is 3.39. The molecule has 0 spiro atoms. The maximum atomic E-state index is 5.68. The summed E-state index contributed by atoms with van der Waals surface area (Å²) in [6, 6.07) is 4.65. The topological polar surface area (TPSA) is 38.0 Å². The van der Waals surface area contributed by atoms with Crippen molar-refractivity contribution in [2.24, 2.45) is 17.2 Å². The van der Waals surface area contributed by atoms with Gasteiger partial charge in [0.05, 0.1) is 6.04 Å². The van der Waals surface area contributed by atoms with Crippen molar-refractivity contribution < 1.29 is 0 Å². The smallest absolute Gasteiger partial charge is 0.0555 e. The second kappa shape index (κ2) is 5.98. The summed E-state index contributed by atoms with van der Waals surface area (Å²) in [5.74, 6) is 6.36. The maximum Gasteiger partial charge on any atom is 0.0555 e. The van der Waals surface area contributed by atoms with Gasteiger partial charge in [0.25, 0.3) is 0 Å². The van der Waals surface area contributed by atoms with E-state index in [0.717, 1.165) is 6.42 Å². The molecule has 0 amide bonds. The van der Waals surface area contributed by atoms with E-state index < -0.39 is 0 Å². The van der Waals surface area contributed by atoms with Crippen LogP contribution in [-0.4, -0.2) is 0 Å². The van der Waals surface area contributed by atoms with Gasteiger partial charge in [-0.1, -0.05) is 27.7 Å². The Balaban J connectivity index is 2.58. The van der Waals surface area contributed by atoms with Gasteiger partial charge in [-0.3, -0.25) is 11.3 Å². The highest BCUT2D eigenvalue weighted by Crippen LogP contribution is 2.32. The van der Waals surface area contributed by atoms with E-state index in [1.807, 2.05) is 11.3 Å². The lowest BCUT2D eigenvalue weighted by Gasteiger charge is -2.26. The van der Waals surface area contributed by atoms with Crippen molar-refractivity contribution in [3.05, 3.63) is 21.9 Å². The minimum Gasteiger partial charge on any atom is -0.271 e. The molecule has 3 heteroatoms. The number of hydrogen-bond donors (Lipinski definition) is 2. The predicted molar refractivity (Wildman–Crippen MR) is 77.0 cm³/mol. The van der Waals surface area contributed by atoms with Crippen molar-refractivity contribution in [2.75, 3.05) is 0 Å². The highest BCUT2D eigenvalue weighted by atomic mass is 32.1. The van der Waals surface area contributed by atoms with Gasteiger partial charge in [0.1, 0.15) is 0 Å². The molecule has 0 aromatic carbocycles. The molecule has 0 aliphatic rings. The molecule has 1 heterocycles. The number of hydrogen-bond acceptors (Lipinski definition) is 3. The highest BCUT2D eigenvalue weighted by molar-refractivity contribution is 7.12. The average molecular weight is 254 g/mol. The van der Waals surface area contributed by atoms with Gasteiger partial charge in [-0.05, 0) is 43.2 Å². The first-order chi connectivity index (χ1) is 7.81. The molecule has 0 radical (unpaired) electrons. The molecule has 1 aromatic heterocycles. The average Bonchev–Trinajstić information content (AvgIpc) is 2.58. The van der Waals surface area contributed by atoms with Crippen LogP contribution in [0.25, 0.3) is 0 Å². The number of hydrazine groups is 1. The van der Waals surface area contributed by atoms with Crippen molar-refractivity contribution in [1.29, 1.82) is 0 Å². The summed E-state index contributed by atoms with van der Waals surface area (Å²) in [5.41, 5.74) is 3.35. The third-order valence-corrected chi connectivity index (χ3v) is 4.02. The monoisotopic (exact) mass is 254 g/mol. The van der Waals surface area contributed by atoms with E-state index in [9.17, 15) is 0 Å². The van der Waals surface area contributed by atoms with E-state index in [1.54, 1.807) is 0 Å².